The monoisotopic (exact) mass is 539 g/mol. The molecule has 0 spiro atoms. The van der Waals surface area contributed by atoms with Crippen molar-refractivity contribution in [2.24, 2.45) is 0 Å². The zero-order chi connectivity index (χ0) is 26.4. The maximum absolute atomic E-state index is 13.6. The summed E-state index contributed by atoms with van der Waals surface area (Å²) in [6.07, 6.45) is 2.69. The average Bonchev–Trinajstić information content (AvgIpc) is 3.26. The molecule has 0 saturated heterocycles. The number of benzene rings is 3. The van der Waals surface area contributed by atoms with Gasteiger partial charge < -0.3 is 19.4 Å². The minimum Gasteiger partial charge on any atom is -0.493 e. The molecular weight excluding hydrogens is 509 g/mol. The van der Waals surface area contributed by atoms with Crippen LogP contribution in [0.4, 0.5) is 0 Å². The van der Waals surface area contributed by atoms with Crippen LogP contribution in [0.1, 0.15) is 42.8 Å². The van der Waals surface area contributed by atoms with E-state index in [-0.39, 0.29) is 5.91 Å². The lowest BCUT2D eigenvalue weighted by Gasteiger charge is -2.21. The van der Waals surface area contributed by atoms with Crippen molar-refractivity contribution in [1.82, 2.24) is 14.9 Å². The fourth-order valence-electron chi connectivity index (χ4n) is 4.54. The number of methoxy groups -OCH3 is 2. The minimum atomic E-state index is -0.399. The number of ether oxygens (including phenoxy) is 2. The summed E-state index contributed by atoms with van der Waals surface area (Å²) in [6.45, 7) is 2.58. The van der Waals surface area contributed by atoms with Gasteiger partial charge in [0.2, 0.25) is 5.91 Å². The Bertz CT molecular complexity index is 1390. The van der Waals surface area contributed by atoms with Crippen molar-refractivity contribution in [2.45, 2.75) is 38.6 Å². The number of carbonyl (C=O) groups excluding carboxylic acids is 1. The smallest absolute Gasteiger partial charge is 0.243 e. The highest BCUT2D eigenvalue weighted by molar-refractivity contribution is 6.35. The van der Waals surface area contributed by atoms with E-state index in [4.69, 9.17) is 37.7 Å². The first kappa shape index (κ1) is 26.8. The summed E-state index contributed by atoms with van der Waals surface area (Å²) >= 11 is 12.6. The van der Waals surface area contributed by atoms with Gasteiger partial charge in [-0.2, -0.15) is 0 Å². The Morgan fingerprint density at radius 1 is 1.03 bits per heavy atom. The fourth-order valence-corrected chi connectivity index (χ4v) is 5.01. The molecule has 3 aromatic carbocycles. The number of fused-ring (bicyclic) bond motifs is 1. The molecule has 1 amide bonds. The molecule has 1 atom stereocenters. The Kier molecular flexibility index (Phi) is 8.95. The van der Waals surface area contributed by atoms with Crippen LogP contribution in [0.25, 0.3) is 11.0 Å². The molecule has 0 aliphatic rings. The second kappa shape index (κ2) is 12.3. The van der Waals surface area contributed by atoms with E-state index in [9.17, 15) is 4.79 Å². The van der Waals surface area contributed by atoms with Gasteiger partial charge in [0, 0.05) is 23.0 Å². The molecule has 6 nitrogen and oxygen atoms in total. The molecule has 4 rings (SSSR count). The summed E-state index contributed by atoms with van der Waals surface area (Å²) in [5.74, 6) is 2.11. The number of hydrogen-bond donors (Lipinski definition) is 1. The molecule has 37 heavy (non-hydrogen) atoms. The predicted octanol–water partition coefficient (Wildman–Crippen LogP) is 6.65. The van der Waals surface area contributed by atoms with Gasteiger partial charge in [-0.15, -0.1) is 0 Å². The first-order valence-electron chi connectivity index (χ1n) is 12.3. The Morgan fingerprint density at radius 2 is 1.81 bits per heavy atom. The van der Waals surface area contributed by atoms with Gasteiger partial charge in [0.1, 0.15) is 11.9 Å². The summed E-state index contributed by atoms with van der Waals surface area (Å²) in [6, 6.07) is 18.8. The van der Waals surface area contributed by atoms with E-state index < -0.39 is 6.04 Å². The number of carbonyl (C=O) groups is 1. The standard InChI is InChI=1S/C29H31Cl2N3O3/c1-4-7-25(29(35)32-15-14-19-10-13-26(36-2)27(16-19)37-3)34-24-9-6-5-8-23(24)33-28(34)17-20-11-12-21(30)18-22(20)31/h5-6,8-13,16,18,25H,4,7,14-15,17H2,1-3H3,(H,32,35)/t25-/m0/s1. The van der Waals surface area contributed by atoms with Crippen LogP contribution in [0.15, 0.2) is 60.7 Å². The van der Waals surface area contributed by atoms with Gasteiger partial charge in [-0.3, -0.25) is 4.79 Å². The van der Waals surface area contributed by atoms with E-state index >= 15 is 0 Å². The Hall–Kier alpha value is -3.22. The van der Waals surface area contributed by atoms with Crippen LogP contribution in [0.2, 0.25) is 10.0 Å². The maximum atomic E-state index is 13.6. The Balaban J connectivity index is 1.58. The van der Waals surface area contributed by atoms with E-state index in [0.717, 1.165) is 34.4 Å². The topological polar surface area (TPSA) is 65.4 Å². The van der Waals surface area contributed by atoms with Gasteiger partial charge in [0.05, 0.1) is 25.3 Å². The van der Waals surface area contributed by atoms with Crippen LogP contribution < -0.4 is 14.8 Å². The van der Waals surface area contributed by atoms with E-state index in [1.165, 1.54) is 0 Å². The number of aromatic nitrogens is 2. The lowest BCUT2D eigenvalue weighted by atomic mass is 10.1. The number of imidazole rings is 1. The van der Waals surface area contributed by atoms with Crippen molar-refractivity contribution in [3.8, 4) is 11.5 Å². The van der Waals surface area contributed by atoms with Crippen molar-refractivity contribution in [2.75, 3.05) is 20.8 Å². The number of halogens is 2. The minimum absolute atomic E-state index is 0.0334. The van der Waals surface area contributed by atoms with Crippen molar-refractivity contribution in [1.29, 1.82) is 0 Å². The van der Waals surface area contributed by atoms with Crippen molar-refractivity contribution in [3.63, 3.8) is 0 Å². The second-order valence-corrected chi connectivity index (χ2v) is 9.68. The number of nitrogens with one attached hydrogen (secondary N) is 1. The number of rotatable bonds is 11. The van der Waals surface area contributed by atoms with E-state index in [1.54, 1.807) is 20.3 Å². The molecule has 8 heteroatoms. The molecule has 0 aliphatic heterocycles. The number of nitrogens with zero attached hydrogens (tertiary/aromatic N) is 2. The lowest BCUT2D eigenvalue weighted by Crippen LogP contribution is -2.34. The van der Waals surface area contributed by atoms with Gasteiger partial charge in [-0.1, -0.05) is 60.8 Å². The average molecular weight is 540 g/mol. The summed E-state index contributed by atoms with van der Waals surface area (Å²) < 4.78 is 12.8. The SMILES string of the molecule is CCC[C@@H](C(=O)NCCc1ccc(OC)c(OC)c1)n1c(Cc2ccc(Cl)cc2Cl)nc2ccccc21. The fraction of sp³-hybridized carbons (Fsp3) is 0.310. The van der Waals surface area contributed by atoms with Gasteiger partial charge in [-0.05, 0) is 60.4 Å². The largest absolute Gasteiger partial charge is 0.493 e. The Labute approximate surface area is 227 Å². The summed E-state index contributed by atoms with van der Waals surface area (Å²) in [5, 5.41) is 4.31. The molecule has 1 aromatic heterocycles. The third kappa shape index (κ3) is 6.20. The first-order chi connectivity index (χ1) is 17.9. The third-order valence-corrected chi connectivity index (χ3v) is 6.96. The second-order valence-electron chi connectivity index (χ2n) is 8.83. The quantitative estimate of drug-likeness (QED) is 0.231. The predicted molar refractivity (Wildman–Crippen MR) is 149 cm³/mol. The Morgan fingerprint density at radius 3 is 2.54 bits per heavy atom. The van der Waals surface area contributed by atoms with Gasteiger partial charge >= 0.3 is 0 Å². The lowest BCUT2D eigenvalue weighted by molar-refractivity contribution is -0.124. The molecule has 0 fully saturated rings. The molecular formula is C29H31Cl2N3O3. The summed E-state index contributed by atoms with van der Waals surface area (Å²) in [7, 11) is 3.23. The molecule has 0 unspecified atom stereocenters. The molecule has 0 radical (unpaired) electrons. The molecule has 0 saturated carbocycles. The first-order valence-corrected chi connectivity index (χ1v) is 13.1. The molecule has 1 heterocycles. The number of hydrogen-bond acceptors (Lipinski definition) is 4. The van der Waals surface area contributed by atoms with Crippen LogP contribution in [-0.2, 0) is 17.6 Å². The molecule has 4 aromatic rings. The van der Waals surface area contributed by atoms with Gasteiger partial charge in [-0.25, -0.2) is 4.98 Å². The highest BCUT2D eigenvalue weighted by Gasteiger charge is 2.25. The maximum Gasteiger partial charge on any atom is 0.243 e. The van der Waals surface area contributed by atoms with Gasteiger partial charge in [0.15, 0.2) is 11.5 Å². The van der Waals surface area contributed by atoms with Crippen LogP contribution in [-0.4, -0.2) is 36.2 Å². The summed E-state index contributed by atoms with van der Waals surface area (Å²) in [4.78, 5) is 18.4. The summed E-state index contributed by atoms with van der Waals surface area (Å²) in [5.41, 5.74) is 3.74. The molecule has 1 N–H and O–H groups in total. The van der Waals surface area contributed by atoms with Crippen molar-refractivity contribution in [3.05, 3.63) is 87.7 Å². The van der Waals surface area contributed by atoms with Crippen LogP contribution in [0.3, 0.4) is 0 Å². The van der Waals surface area contributed by atoms with E-state index in [1.807, 2.05) is 54.6 Å². The highest BCUT2D eigenvalue weighted by Crippen LogP contribution is 2.30. The zero-order valence-electron chi connectivity index (χ0n) is 21.3. The van der Waals surface area contributed by atoms with Crippen molar-refractivity contribution >= 4 is 40.1 Å². The van der Waals surface area contributed by atoms with Crippen LogP contribution >= 0.6 is 23.2 Å². The van der Waals surface area contributed by atoms with E-state index in [0.29, 0.717) is 47.4 Å². The van der Waals surface area contributed by atoms with Gasteiger partial charge in [0.25, 0.3) is 0 Å². The molecule has 194 valence electrons. The number of para-hydroxylation sites is 2. The third-order valence-electron chi connectivity index (χ3n) is 6.37. The zero-order valence-corrected chi connectivity index (χ0v) is 22.8. The highest BCUT2D eigenvalue weighted by atomic mass is 35.5. The normalized spacial score (nSPS) is 11.9. The van der Waals surface area contributed by atoms with Crippen molar-refractivity contribution < 1.29 is 14.3 Å². The van der Waals surface area contributed by atoms with Crippen LogP contribution in [0.5, 0.6) is 11.5 Å². The number of amides is 1. The van der Waals surface area contributed by atoms with E-state index in [2.05, 4.69) is 16.8 Å². The van der Waals surface area contributed by atoms with Crippen LogP contribution in [0, 0.1) is 0 Å². The molecule has 0 bridgehead atoms. The molecule has 0 aliphatic carbocycles.